The molecule has 0 saturated heterocycles. The van der Waals surface area contributed by atoms with E-state index in [0.717, 1.165) is 5.56 Å². The molecule has 0 N–H and O–H groups in total. The number of hydrogen-bond donors (Lipinski definition) is 0. The van der Waals surface area contributed by atoms with Crippen molar-refractivity contribution in [3.63, 3.8) is 0 Å². The van der Waals surface area contributed by atoms with E-state index in [1.165, 1.54) is 25.3 Å². The monoisotopic (exact) mass is 274 g/mol. The van der Waals surface area contributed by atoms with Crippen molar-refractivity contribution in [2.24, 2.45) is 0 Å². The topological polar surface area (TPSA) is 35.5 Å². The molecule has 0 spiro atoms. The van der Waals surface area contributed by atoms with Crippen molar-refractivity contribution in [3.05, 3.63) is 65.0 Å². The molecule has 0 aliphatic rings. The van der Waals surface area contributed by atoms with Crippen molar-refractivity contribution in [3.8, 4) is 5.75 Å². The highest BCUT2D eigenvalue weighted by atomic mass is 19.1. The zero-order chi connectivity index (χ0) is 14.5. The summed E-state index contributed by atoms with van der Waals surface area (Å²) in [4.78, 5) is 12.4. The first-order valence-corrected chi connectivity index (χ1v) is 6.14. The van der Waals surface area contributed by atoms with E-state index in [4.69, 9.17) is 9.47 Å². The number of ketones is 1. The molecule has 0 amide bonds. The van der Waals surface area contributed by atoms with Gasteiger partial charge < -0.3 is 9.47 Å². The Morgan fingerprint density at radius 1 is 1.15 bits per heavy atom. The Kier molecular flexibility index (Phi) is 4.48. The lowest BCUT2D eigenvalue weighted by atomic mass is 10.0. The summed E-state index contributed by atoms with van der Waals surface area (Å²) in [5.41, 5.74) is 1.73. The second kappa shape index (κ2) is 6.30. The van der Waals surface area contributed by atoms with E-state index in [0.29, 0.717) is 11.3 Å². The van der Waals surface area contributed by atoms with Crippen molar-refractivity contribution in [1.29, 1.82) is 0 Å². The van der Waals surface area contributed by atoms with Crippen molar-refractivity contribution < 1.29 is 18.7 Å². The molecule has 0 atom stereocenters. The van der Waals surface area contributed by atoms with Crippen LogP contribution in [0.15, 0.2) is 42.5 Å². The Morgan fingerprint density at radius 3 is 2.50 bits per heavy atom. The Bertz CT molecular complexity index is 606. The molecule has 2 rings (SSSR count). The van der Waals surface area contributed by atoms with Crippen molar-refractivity contribution in [2.45, 2.75) is 6.92 Å². The van der Waals surface area contributed by atoms with E-state index in [1.807, 2.05) is 19.1 Å². The van der Waals surface area contributed by atoms with Gasteiger partial charge in [-0.05, 0) is 25.1 Å². The summed E-state index contributed by atoms with van der Waals surface area (Å²) in [5.74, 6) is -0.459. The van der Waals surface area contributed by atoms with E-state index in [-0.39, 0.29) is 18.1 Å². The Balaban J connectivity index is 2.37. The maximum Gasteiger partial charge on any atom is 0.196 e. The summed E-state index contributed by atoms with van der Waals surface area (Å²) in [6.07, 6.45) is 0. The predicted molar refractivity (Wildman–Crippen MR) is 73.5 cm³/mol. The van der Waals surface area contributed by atoms with Crippen molar-refractivity contribution in [1.82, 2.24) is 0 Å². The molecule has 0 aliphatic heterocycles. The van der Waals surface area contributed by atoms with E-state index in [1.54, 1.807) is 12.1 Å². The Hall–Kier alpha value is -2.20. The molecule has 0 heterocycles. The number of halogens is 1. The van der Waals surface area contributed by atoms with E-state index >= 15 is 0 Å². The van der Waals surface area contributed by atoms with Crippen LogP contribution in [0, 0.1) is 12.7 Å². The van der Waals surface area contributed by atoms with Crippen LogP contribution in [0.4, 0.5) is 4.39 Å². The summed E-state index contributed by atoms with van der Waals surface area (Å²) in [6, 6.07) is 10.9. The highest BCUT2D eigenvalue weighted by Crippen LogP contribution is 2.23. The number of benzene rings is 2. The molecule has 20 heavy (non-hydrogen) atoms. The highest BCUT2D eigenvalue weighted by molar-refractivity contribution is 6.10. The quantitative estimate of drug-likeness (QED) is 0.619. The second-order valence-corrected chi connectivity index (χ2v) is 4.39. The fourth-order valence-electron chi connectivity index (χ4n) is 1.79. The first-order valence-electron chi connectivity index (χ1n) is 6.14. The number of rotatable bonds is 5. The number of aryl methyl sites for hydroxylation is 1. The van der Waals surface area contributed by atoms with Crippen LogP contribution in [-0.4, -0.2) is 19.7 Å². The lowest BCUT2D eigenvalue weighted by Gasteiger charge is -2.10. The lowest BCUT2D eigenvalue weighted by molar-refractivity contribution is 0.0503. The molecule has 0 aliphatic carbocycles. The molecule has 0 unspecified atom stereocenters. The van der Waals surface area contributed by atoms with E-state index in [2.05, 4.69) is 0 Å². The smallest absolute Gasteiger partial charge is 0.196 e. The van der Waals surface area contributed by atoms with Crippen LogP contribution in [0.3, 0.4) is 0 Å². The molecular formula is C16H15FO3. The summed E-state index contributed by atoms with van der Waals surface area (Å²) in [5, 5.41) is 0. The lowest BCUT2D eigenvalue weighted by Crippen LogP contribution is -2.08. The molecule has 4 heteroatoms. The Labute approximate surface area is 117 Å². The van der Waals surface area contributed by atoms with Crippen LogP contribution in [-0.2, 0) is 4.74 Å². The number of methoxy groups -OCH3 is 1. The minimum Gasteiger partial charge on any atom is -0.467 e. The molecule has 0 radical (unpaired) electrons. The fourth-order valence-corrected chi connectivity index (χ4v) is 1.79. The standard InChI is InChI=1S/C16H15FO3/c1-11-3-5-12(6-4-11)16(18)14-9-13(17)7-8-15(14)20-10-19-2/h3-9H,10H2,1-2H3. The van der Waals surface area contributed by atoms with Crippen LogP contribution in [0.5, 0.6) is 5.75 Å². The maximum absolute atomic E-state index is 13.4. The van der Waals surface area contributed by atoms with Gasteiger partial charge in [-0.15, -0.1) is 0 Å². The first kappa shape index (κ1) is 14.2. The number of carbonyl (C=O) groups is 1. The third-order valence-corrected chi connectivity index (χ3v) is 2.83. The van der Waals surface area contributed by atoms with Crippen LogP contribution in [0.25, 0.3) is 0 Å². The van der Waals surface area contributed by atoms with Gasteiger partial charge >= 0.3 is 0 Å². The van der Waals surface area contributed by atoms with Gasteiger partial charge in [0.25, 0.3) is 0 Å². The maximum atomic E-state index is 13.4. The molecule has 0 saturated carbocycles. The second-order valence-electron chi connectivity index (χ2n) is 4.39. The molecular weight excluding hydrogens is 259 g/mol. The van der Waals surface area contributed by atoms with Gasteiger partial charge in [0.05, 0.1) is 5.56 Å². The molecule has 2 aromatic rings. The van der Waals surface area contributed by atoms with Gasteiger partial charge in [0, 0.05) is 12.7 Å². The van der Waals surface area contributed by atoms with Gasteiger partial charge in [-0.2, -0.15) is 0 Å². The zero-order valence-electron chi connectivity index (χ0n) is 11.4. The molecule has 2 aromatic carbocycles. The van der Waals surface area contributed by atoms with Gasteiger partial charge in [0.2, 0.25) is 0 Å². The molecule has 104 valence electrons. The normalized spacial score (nSPS) is 10.3. The average molecular weight is 274 g/mol. The van der Waals surface area contributed by atoms with Crippen molar-refractivity contribution >= 4 is 5.78 Å². The zero-order valence-corrected chi connectivity index (χ0v) is 11.4. The van der Waals surface area contributed by atoms with Crippen LogP contribution in [0.2, 0.25) is 0 Å². The van der Waals surface area contributed by atoms with Gasteiger partial charge in [0.15, 0.2) is 12.6 Å². The van der Waals surface area contributed by atoms with Crippen LogP contribution >= 0.6 is 0 Å². The third kappa shape index (κ3) is 3.22. The summed E-state index contributed by atoms with van der Waals surface area (Å²) < 4.78 is 23.5. The summed E-state index contributed by atoms with van der Waals surface area (Å²) in [7, 11) is 1.48. The summed E-state index contributed by atoms with van der Waals surface area (Å²) in [6.45, 7) is 1.93. The highest BCUT2D eigenvalue weighted by Gasteiger charge is 2.15. The number of ether oxygens (including phenoxy) is 2. The van der Waals surface area contributed by atoms with Crippen LogP contribution in [0.1, 0.15) is 21.5 Å². The Morgan fingerprint density at radius 2 is 1.85 bits per heavy atom. The average Bonchev–Trinajstić information content (AvgIpc) is 2.46. The minimum atomic E-state index is -0.481. The largest absolute Gasteiger partial charge is 0.467 e. The molecule has 3 nitrogen and oxygen atoms in total. The third-order valence-electron chi connectivity index (χ3n) is 2.83. The first-order chi connectivity index (χ1) is 9.61. The minimum absolute atomic E-state index is 0.000188. The SMILES string of the molecule is COCOc1ccc(F)cc1C(=O)c1ccc(C)cc1. The summed E-state index contributed by atoms with van der Waals surface area (Å²) >= 11 is 0. The van der Waals surface area contributed by atoms with Gasteiger partial charge in [-0.25, -0.2) is 4.39 Å². The molecule has 0 bridgehead atoms. The fraction of sp³-hybridized carbons (Fsp3) is 0.188. The predicted octanol–water partition coefficient (Wildman–Crippen LogP) is 3.35. The van der Waals surface area contributed by atoms with Crippen molar-refractivity contribution in [2.75, 3.05) is 13.9 Å². The van der Waals surface area contributed by atoms with Crippen LogP contribution < -0.4 is 4.74 Å². The number of hydrogen-bond acceptors (Lipinski definition) is 3. The van der Waals surface area contributed by atoms with E-state index < -0.39 is 5.82 Å². The molecule has 0 fully saturated rings. The van der Waals surface area contributed by atoms with Gasteiger partial charge in [-0.3, -0.25) is 4.79 Å². The van der Waals surface area contributed by atoms with E-state index in [9.17, 15) is 9.18 Å². The number of carbonyl (C=O) groups excluding carboxylic acids is 1. The van der Waals surface area contributed by atoms with Gasteiger partial charge in [0.1, 0.15) is 11.6 Å². The molecule has 0 aromatic heterocycles. The van der Waals surface area contributed by atoms with Gasteiger partial charge in [-0.1, -0.05) is 29.8 Å².